The van der Waals surface area contributed by atoms with Gasteiger partial charge in [-0.2, -0.15) is 0 Å². The second kappa shape index (κ2) is 7.83. The molecule has 0 fully saturated rings. The molecule has 0 aliphatic carbocycles. The zero-order valence-electron chi connectivity index (χ0n) is 12.2. The maximum atomic E-state index is 11.9. The highest BCUT2D eigenvalue weighted by Gasteiger charge is 2.23. The molecule has 0 aliphatic rings. The highest BCUT2D eigenvalue weighted by Crippen LogP contribution is 2.14. The summed E-state index contributed by atoms with van der Waals surface area (Å²) < 4.78 is 9.84. The fourth-order valence-corrected chi connectivity index (χ4v) is 1.92. The van der Waals surface area contributed by atoms with Crippen LogP contribution in [-0.2, 0) is 20.9 Å². The van der Waals surface area contributed by atoms with Gasteiger partial charge in [-0.05, 0) is 11.1 Å². The Hall–Kier alpha value is -2.82. The first-order valence-corrected chi connectivity index (χ1v) is 6.80. The van der Waals surface area contributed by atoms with E-state index in [0.29, 0.717) is 5.56 Å². The van der Waals surface area contributed by atoms with Gasteiger partial charge in [0, 0.05) is 0 Å². The number of carbonyl (C=O) groups is 2. The molecule has 0 unspecified atom stereocenters. The Morgan fingerprint density at radius 2 is 1.59 bits per heavy atom. The highest BCUT2D eigenvalue weighted by molar-refractivity contribution is 5.82. The Kier molecular flexibility index (Phi) is 5.54. The van der Waals surface area contributed by atoms with Crippen molar-refractivity contribution in [2.75, 3.05) is 7.11 Å². The van der Waals surface area contributed by atoms with Crippen LogP contribution in [0, 0.1) is 0 Å². The zero-order chi connectivity index (χ0) is 15.8. The van der Waals surface area contributed by atoms with Crippen molar-refractivity contribution in [3.05, 3.63) is 71.8 Å². The van der Waals surface area contributed by atoms with Crippen molar-refractivity contribution < 1.29 is 19.1 Å². The molecule has 0 saturated carbocycles. The van der Waals surface area contributed by atoms with Gasteiger partial charge in [-0.3, -0.25) is 0 Å². The molecule has 5 heteroatoms. The van der Waals surface area contributed by atoms with E-state index >= 15 is 0 Å². The van der Waals surface area contributed by atoms with Crippen molar-refractivity contribution in [1.29, 1.82) is 0 Å². The van der Waals surface area contributed by atoms with Crippen LogP contribution in [0.4, 0.5) is 4.79 Å². The number of hydrogen-bond acceptors (Lipinski definition) is 4. The minimum Gasteiger partial charge on any atom is -0.467 e. The van der Waals surface area contributed by atoms with Crippen LogP contribution in [0.5, 0.6) is 0 Å². The molecule has 1 N–H and O–H groups in total. The summed E-state index contributed by atoms with van der Waals surface area (Å²) in [6.07, 6.45) is -0.678. The lowest BCUT2D eigenvalue weighted by Gasteiger charge is -2.16. The molecular weight excluding hydrogens is 282 g/mol. The average molecular weight is 299 g/mol. The van der Waals surface area contributed by atoms with E-state index < -0.39 is 18.1 Å². The molecule has 0 aliphatic heterocycles. The highest BCUT2D eigenvalue weighted by atomic mass is 16.6. The first-order valence-electron chi connectivity index (χ1n) is 6.80. The lowest BCUT2D eigenvalue weighted by atomic mass is 10.1. The first-order chi connectivity index (χ1) is 10.7. The molecule has 0 bridgehead atoms. The molecule has 114 valence electrons. The molecule has 0 heterocycles. The molecule has 22 heavy (non-hydrogen) atoms. The Balaban J connectivity index is 1.98. The normalized spacial score (nSPS) is 11.3. The van der Waals surface area contributed by atoms with E-state index in [-0.39, 0.29) is 6.61 Å². The Bertz CT molecular complexity index is 613. The van der Waals surface area contributed by atoms with Gasteiger partial charge in [-0.15, -0.1) is 0 Å². The van der Waals surface area contributed by atoms with E-state index in [4.69, 9.17) is 9.47 Å². The molecular formula is C17H17NO4. The quantitative estimate of drug-likeness (QED) is 0.862. The standard InChI is InChI=1S/C17H17NO4/c1-21-16(19)15(14-10-6-3-7-11-14)18-17(20)22-12-13-8-4-2-5-9-13/h2-11,15H,12H2,1H3,(H,18,20)/t15-/m0/s1. The number of nitrogens with one attached hydrogen (secondary N) is 1. The van der Waals surface area contributed by atoms with Crippen LogP contribution in [-0.4, -0.2) is 19.2 Å². The fraction of sp³-hybridized carbons (Fsp3) is 0.176. The SMILES string of the molecule is COC(=O)[C@@H](NC(=O)OCc1ccccc1)c1ccccc1. The molecule has 1 amide bonds. The monoisotopic (exact) mass is 299 g/mol. The summed E-state index contributed by atoms with van der Waals surface area (Å²) in [4.78, 5) is 23.7. The van der Waals surface area contributed by atoms with Crippen molar-refractivity contribution in [1.82, 2.24) is 5.32 Å². The maximum Gasteiger partial charge on any atom is 0.408 e. The zero-order valence-corrected chi connectivity index (χ0v) is 12.2. The van der Waals surface area contributed by atoms with Gasteiger partial charge >= 0.3 is 12.1 Å². The van der Waals surface area contributed by atoms with Gasteiger partial charge in [0.1, 0.15) is 6.61 Å². The predicted molar refractivity (Wildman–Crippen MR) is 81.0 cm³/mol. The number of amides is 1. The van der Waals surface area contributed by atoms with E-state index in [2.05, 4.69) is 5.32 Å². The number of carbonyl (C=O) groups excluding carboxylic acids is 2. The number of hydrogen-bond donors (Lipinski definition) is 1. The molecule has 1 atom stereocenters. The van der Waals surface area contributed by atoms with Crippen LogP contribution in [0.2, 0.25) is 0 Å². The molecule has 2 rings (SSSR count). The number of ether oxygens (including phenoxy) is 2. The summed E-state index contributed by atoms with van der Waals surface area (Å²) in [6, 6.07) is 17.3. The predicted octanol–water partition coefficient (Wildman–Crippen LogP) is 2.83. The summed E-state index contributed by atoms with van der Waals surface area (Å²) in [5.41, 5.74) is 1.50. The van der Waals surface area contributed by atoms with Gasteiger partial charge in [0.25, 0.3) is 0 Å². The van der Waals surface area contributed by atoms with Crippen molar-refractivity contribution in [2.24, 2.45) is 0 Å². The van der Waals surface area contributed by atoms with Crippen LogP contribution >= 0.6 is 0 Å². The second-order valence-corrected chi connectivity index (χ2v) is 4.57. The average Bonchev–Trinajstić information content (AvgIpc) is 2.59. The Labute approximate surface area is 128 Å². The first kappa shape index (κ1) is 15.6. The lowest BCUT2D eigenvalue weighted by Crippen LogP contribution is -2.34. The number of rotatable bonds is 5. The van der Waals surface area contributed by atoms with Crippen LogP contribution in [0.15, 0.2) is 60.7 Å². The Morgan fingerprint density at radius 1 is 1.00 bits per heavy atom. The van der Waals surface area contributed by atoms with E-state index in [1.54, 1.807) is 24.3 Å². The van der Waals surface area contributed by atoms with Gasteiger partial charge in [0.15, 0.2) is 6.04 Å². The van der Waals surface area contributed by atoms with Crippen molar-refractivity contribution >= 4 is 12.1 Å². The molecule has 0 aromatic heterocycles. The van der Waals surface area contributed by atoms with Crippen molar-refractivity contribution in [3.63, 3.8) is 0 Å². The van der Waals surface area contributed by atoms with Crippen molar-refractivity contribution in [2.45, 2.75) is 12.6 Å². The van der Waals surface area contributed by atoms with Crippen molar-refractivity contribution in [3.8, 4) is 0 Å². The molecule has 0 saturated heterocycles. The second-order valence-electron chi connectivity index (χ2n) is 4.57. The summed E-state index contributed by atoms with van der Waals surface area (Å²) in [5, 5.41) is 2.52. The number of benzene rings is 2. The molecule has 0 radical (unpaired) electrons. The third kappa shape index (κ3) is 4.34. The maximum absolute atomic E-state index is 11.9. The smallest absolute Gasteiger partial charge is 0.408 e. The molecule has 5 nitrogen and oxygen atoms in total. The molecule has 0 spiro atoms. The van der Waals surface area contributed by atoms with Crippen LogP contribution in [0.25, 0.3) is 0 Å². The van der Waals surface area contributed by atoms with Gasteiger partial charge in [-0.25, -0.2) is 9.59 Å². The van der Waals surface area contributed by atoms with Crippen LogP contribution in [0.3, 0.4) is 0 Å². The topological polar surface area (TPSA) is 64.6 Å². The minimum absolute atomic E-state index is 0.134. The minimum atomic E-state index is -0.894. The van der Waals surface area contributed by atoms with Gasteiger partial charge < -0.3 is 14.8 Å². The van der Waals surface area contributed by atoms with E-state index in [9.17, 15) is 9.59 Å². The summed E-state index contributed by atoms with van der Waals surface area (Å²) in [7, 11) is 1.27. The largest absolute Gasteiger partial charge is 0.467 e. The third-order valence-electron chi connectivity index (χ3n) is 3.04. The lowest BCUT2D eigenvalue weighted by molar-refractivity contribution is -0.143. The fourth-order valence-electron chi connectivity index (χ4n) is 1.92. The van der Waals surface area contributed by atoms with Gasteiger partial charge in [-0.1, -0.05) is 60.7 Å². The number of esters is 1. The van der Waals surface area contributed by atoms with E-state index in [0.717, 1.165) is 5.56 Å². The van der Waals surface area contributed by atoms with Gasteiger partial charge in [0.2, 0.25) is 0 Å². The summed E-state index contributed by atoms with van der Waals surface area (Å²) in [6.45, 7) is 0.134. The third-order valence-corrected chi connectivity index (χ3v) is 3.04. The molecule has 2 aromatic carbocycles. The molecule has 2 aromatic rings. The van der Waals surface area contributed by atoms with E-state index in [1.807, 2.05) is 36.4 Å². The number of alkyl carbamates (subject to hydrolysis) is 1. The Morgan fingerprint density at radius 3 is 2.18 bits per heavy atom. The number of methoxy groups -OCH3 is 1. The van der Waals surface area contributed by atoms with Crippen LogP contribution < -0.4 is 5.32 Å². The van der Waals surface area contributed by atoms with E-state index in [1.165, 1.54) is 7.11 Å². The summed E-state index contributed by atoms with van der Waals surface area (Å²) >= 11 is 0. The van der Waals surface area contributed by atoms with Gasteiger partial charge in [0.05, 0.1) is 7.11 Å². The van der Waals surface area contributed by atoms with Crippen LogP contribution in [0.1, 0.15) is 17.2 Å². The summed E-state index contributed by atoms with van der Waals surface area (Å²) in [5.74, 6) is -0.553.